The molecule has 4 rings (SSSR count). The van der Waals surface area contributed by atoms with Crippen molar-refractivity contribution in [2.75, 3.05) is 11.9 Å². The van der Waals surface area contributed by atoms with E-state index in [1.807, 2.05) is 6.92 Å². The molecule has 1 unspecified atom stereocenters. The van der Waals surface area contributed by atoms with Crippen molar-refractivity contribution < 1.29 is 29.0 Å². The lowest BCUT2D eigenvalue weighted by molar-refractivity contribution is -0.127. The van der Waals surface area contributed by atoms with Crippen LogP contribution < -0.4 is 25.9 Å². The van der Waals surface area contributed by atoms with Crippen LogP contribution in [-0.2, 0) is 17.6 Å². The van der Waals surface area contributed by atoms with Gasteiger partial charge >= 0.3 is 0 Å². The van der Waals surface area contributed by atoms with E-state index in [1.54, 1.807) is 43.3 Å². The molecule has 39 heavy (non-hydrogen) atoms. The normalized spacial score (nSPS) is 13.4. The number of hydrogen-bond donors (Lipinski definition) is 4. The number of thiophene rings is 1. The quantitative estimate of drug-likeness (QED) is 0.221. The number of fused-ring (bicyclic) bond motifs is 1. The highest BCUT2D eigenvalue weighted by molar-refractivity contribution is 7.17. The Bertz CT molecular complexity index is 1400. The van der Waals surface area contributed by atoms with Gasteiger partial charge in [-0.05, 0) is 93.1 Å². The molecular weight excluding hydrogens is 520 g/mol. The third-order valence-electron chi connectivity index (χ3n) is 6.12. The number of aromatic hydroxyl groups is 1. The van der Waals surface area contributed by atoms with Gasteiger partial charge in [-0.25, -0.2) is 5.43 Å². The smallest absolute Gasteiger partial charge is 0.280 e. The number of hydrogen-bond acceptors (Lipinski definition) is 8. The fraction of sp³-hybridized carbons (Fsp3) is 0.286. The number of amides is 3. The van der Waals surface area contributed by atoms with Crippen LogP contribution in [0.15, 0.2) is 47.6 Å². The van der Waals surface area contributed by atoms with Gasteiger partial charge in [-0.15, -0.1) is 11.3 Å². The van der Waals surface area contributed by atoms with Crippen molar-refractivity contribution >= 4 is 40.3 Å². The maximum atomic E-state index is 12.9. The zero-order valence-corrected chi connectivity index (χ0v) is 22.5. The summed E-state index contributed by atoms with van der Waals surface area (Å²) in [5.41, 5.74) is 10.4. The van der Waals surface area contributed by atoms with E-state index in [0.717, 1.165) is 36.1 Å². The van der Waals surface area contributed by atoms with Crippen LogP contribution in [0.25, 0.3) is 0 Å². The molecule has 0 bridgehead atoms. The second-order valence-electron chi connectivity index (χ2n) is 8.91. The maximum Gasteiger partial charge on any atom is 0.280 e. The fourth-order valence-electron chi connectivity index (χ4n) is 4.18. The Morgan fingerprint density at radius 3 is 2.62 bits per heavy atom. The van der Waals surface area contributed by atoms with Crippen molar-refractivity contribution in [1.82, 2.24) is 5.43 Å². The van der Waals surface area contributed by atoms with Crippen molar-refractivity contribution in [1.29, 1.82) is 0 Å². The van der Waals surface area contributed by atoms with Crippen LogP contribution in [0.4, 0.5) is 5.00 Å². The molecule has 0 aliphatic heterocycles. The van der Waals surface area contributed by atoms with Gasteiger partial charge in [0.1, 0.15) is 10.8 Å². The molecule has 1 aliphatic rings. The molecule has 11 heteroatoms. The Balaban J connectivity index is 1.33. The molecule has 10 nitrogen and oxygen atoms in total. The van der Waals surface area contributed by atoms with E-state index < -0.39 is 17.9 Å². The first-order chi connectivity index (χ1) is 18.8. The third-order valence-corrected chi connectivity index (χ3v) is 7.32. The summed E-state index contributed by atoms with van der Waals surface area (Å²) in [6.07, 6.45) is 4.27. The Morgan fingerprint density at radius 1 is 1.15 bits per heavy atom. The summed E-state index contributed by atoms with van der Waals surface area (Å²) in [5, 5.41) is 17.0. The summed E-state index contributed by atoms with van der Waals surface area (Å²) in [5.74, 6) is -0.651. The average Bonchev–Trinajstić information content (AvgIpc) is 3.29. The number of hydrazone groups is 1. The first-order valence-electron chi connectivity index (χ1n) is 12.6. The van der Waals surface area contributed by atoms with Gasteiger partial charge in [0.05, 0.1) is 18.4 Å². The van der Waals surface area contributed by atoms with Crippen LogP contribution in [0.2, 0.25) is 0 Å². The second-order valence-corrected chi connectivity index (χ2v) is 10.0. The number of aryl methyl sites for hydroxylation is 1. The number of carbonyl (C=O) groups is 3. The van der Waals surface area contributed by atoms with E-state index in [4.69, 9.17) is 15.2 Å². The van der Waals surface area contributed by atoms with Crippen LogP contribution in [0.3, 0.4) is 0 Å². The largest absolute Gasteiger partial charge is 0.504 e. The fourth-order valence-corrected chi connectivity index (χ4v) is 5.47. The van der Waals surface area contributed by atoms with E-state index in [2.05, 4.69) is 15.8 Å². The number of benzene rings is 2. The number of nitrogens with zero attached hydrogens (tertiary/aromatic N) is 1. The Hall–Kier alpha value is -4.38. The van der Waals surface area contributed by atoms with Gasteiger partial charge in [0, 0.05) is 10.4 Å². The first-order valence-corrected chi connectivity index (χ1v) is 13.4. The zero-order valence-electron chi connectivity index (χ0n) is 21.7. The maximum absolute atomic E-state index is 12.9. The predicted molar refractivity (Wildman–Crippen MR) is 149 cm³/mol. The van der Waals surface area contributed by atoms with Gasteiger partial charge in [-0.1, -0.05) is 0 Å². The monoisotopic (exact) mass is 550 g/mol. The summed E-state index contributed by atoms with van der Waals surface area (Å²) in [6, 6.07) is 11.0. The topological polar surface area (TPSA) is 152 Å². The van der Waals surface area contributed by atoms with E-state index in [9.17, 15) is 19.5 Å². The van der Waals surface area contributed by atoms with Crippen molar-refractivity contribution in [2.45, 2.75) is 45.6 Å². The molecule has 1 atom stereocenters. The Kier molecular flexibility index (Phi) is 8.82. The molecule has 3 aromatic rings. The van der Waals surface area contributed by atoms with Crippen LogP contribution >= 0.6 is 11.3 Å². The number of phenols is 1. The van der Waals surface area contributed by atoms with Gasteiger partial charge < -0.3 is 25.6 Å². The minimum absolute atomic E-state index is 0.0178. The number of anilines is 1. The summed E-state index contributed by atoms with van der Waals surface area (Å²) in [6.45, 7) is 3.78. The van der Waals surface area contributed by atoms with Crippen LogP contribution in [-0.4, -0.2) is 41.8 Å². The first kappa shape index (κ1) is 27.6. The lowest BCUT2D eigenvalue weighted by atomic mass is 9.95. The number of primary amides is 1. The predicted octanol–water partition coefficient (Wildman–Crippen LogP) is 4.00. The molecular formula is C28H30N4O6S. The molecule has 1 heterocycles. The number of phenolic OH excluding ortho intramolecular Hbond substituents is 1. The molecule has 5 N–H and O–H groups in total. The van der Waals surface area contributed by atoms with Crippen molar-refractivity contribution in [3.8, 4) is 17.2 Å². The Morgan fingerprint density at radius 2 is 1.90 bits per heavy atom. The standard InChI is InChI=1S/C28H30N4O6S/c1-3-37-22-14-17(8-13-21(22)33)15-30-32-26(35)16(2)38-19-11-9-18(10-12-19)27(36)31-28-24(25(29)34)20-6-4-5-7-23(20)39-28/h8-16,33H,3-7H2,1-2H3,(H2,29,34)(H,31,36)(H,32,35)/b30-15+. The average molecular weight is 551 g/mol. The van der Waals surface area contributed by atoms with Crippen molar-refractivity contribution in [3.63, 3.8) is 0 Å². The van der Waals surface area contributed by atoms with Gasteiger partial charge in [-0.2, -0.15) is 5.10 Å². The lowest BCUT2D eigenvalue weighted by Gasteiger charge is -2.13. The minimum atomic E-state index is -0.865. The van der Waals surface area contributed by atoms with E-state index in [1.165, 1.54) is 23.6 Å². The summed E-state index contributed by atoms with van der Waals surface area (Å²) < 4.78 is 11.0. The van der Waals surface area contributed by atoms with Crippen LogP contribution in [0.5, 0.6) is 17.2 Å². The highest BCUT2D eigenvalue weighted by Gasteiger charge is 2.25. The third kappa shape index (κ3) is 6.74. The summed E-state index contributed by atoms with van der Waals surface area (Å²) in [7, 11) is 0. The number of ether oxygens (including phenoxy) is 2. The molecule has 1 aliphatic carbocycles. The highest BCUT2D eigenvalue weighted by atomic mass is 32.1. The van der Waals surface area contributed by atoms with Crippen LogP contribution in [0, 0.1) is 0 Å². The van der Waals surface area contributed by atoms with Gasteiger partial charge in [0.15, 0.2) is 17.6 Å². The van der Waals surface area contributed by atoms with Crippen molar-refractivity contribution in [2.24, 2.45) is 10.8 Å². The molecule has 0 spiro atoms. The van der Waals surface area contributed by atoms with E-state index in [-0.39, 0.29) is 11.7 Å². The molecule has 2 aromatic carbocycles. The number of nitrogens with one attached hydrogen (secondary N) is 2. The Labute approximate surface area is 229 Å². The van der Waals surface area contributed by atoms with Gasteiger partial charge in [0.2, 0.25) is 0 Å². The lowest BCUT2D eigenvalue weighted by Crippen LogP contribution is -2.33. The zero-order chi connectivity index (χ0) is 27.9. The molecule has 204 valence electrons. The van der Waals surface area contributed by atoms with Gasteiger partial charge in [0.25, 0.3) is 17.7 Å². The molecule has 1 aromatic heterocycles. The van der Waals surface area contributed by atoms with E-state index >= 15 is 0 Å². The SMILES string of the molecule is CCOc1cc(/C=N/NC(=O)C(C)Oc2ccc(C(=O)Nc3sc4c(c3C(N)=O)CCCC4)cc2)ccc1O. The van der Waals surface area contributed by atoms with E-state index in [0.29, 0.717) is 39.8 Å². The molecule has 0 radical (unpaired) electrons. The van der Waals surface area contributed by atoms with Gasteiger partial charge in [-0.3, -0.25) is 14.4 Å². The minimum Gasteiger partial charge on any atom is -0.504 e. The second kappa shape index (κ2) is 12.4. The number of nitrogens with two attached hydrogens (primary N) is 1. The summed E-state index contributed by atoms with van der Waals surface area (Å²) >= 11 is 1.41. The molecule has 3 amide bonds. The van der Waals surface area contributed by atoms with Crippen molar-refractivity contribution in [3.05, 3.63) is 69.6 Å². The molecule has 0 saturated heterocycles. The summed E-state index contributed by atoms with van der Waals surface area (Å²) in [4.78, 5) is 38.4. The number of carbonyl (C=O) groups excluding carboxylic acids is 3. The highest BCUT2D eigenvalue weighted by Crippen LogP contribution is 2.38. The number of rotatable bonds is 10. The molecule has 0 saturated carbocycles. The molecule has 0 fully saturated rings. The van der Waals surface area contributed by atoms with Crippen LogP contribution in [0.1, 0.15) is 63.4 Å².